The van der Waals surface area contributed by atoms with Crippen LogP contribution in [0, 0.1) is 5.41 Å². The molecule has 0 aliphatic carbocycles. The third-order valence-electron chi connectivity index (χ3n) is 4.53. The van der Waals surface area contributed by atoms with Crippen LogP contribution in [0.1, 0.15) is 32.3 Å². The molecule has 0 radical (unpaired) electrons. The van der Waals surface area contributed by atoms with Crippen molar-refractivity contribution in [2.45, 2.75) is 39.3 Å². The van der Waals surface area contributed by atoms with E-state index >= 15 is 0 Å². The van der Waals surface area contributed by atoms with E-state index in [1.165, 1.54) is 0 Å². The molecular formula is C17H25ClN2O2. The normalized spacial score (nSPS) is 24.0. The molecule has 2 unspecified atom stereocenters. The van der Waals surface area contributed by atoms with Gasteiger partial charge in [-0.25, -0.2) is 0 Å². The van der Waals surface area contributed by atoms with Crippen LogP contribution in [0.2, 0.25) is 5.02 Å². The minimum absolute atomic E-state index is 0.00195. The van der Waals surface area contributed by atoms with E-state index in [1.807, 2.05) is 31.2 Å². The molecule has 1 aromatic carbocycles. The van der Waals surface area contributed by atoms with E-state index in [-0.39, 0.29) is 24.0 Å². The second kappa shape index (κ2) is 7.44. The second-order valence-corrected chi connectivity index (χ2v) is 6.94. The van der Waals surface area contributed by atoms with E-state index in [0.717, 1.165) is 31.5 Å². The fraction of sp³-hybridized carbons (Fsp3) is 0.588. The number of benzene rings is 1. The van der Waals surface area contributed by atoms with Gasteiger partial charge in [0.15, 0.2) is 0 Å². The Labute approximate surface area is 137 Å². The molecule has 5 heteroatoms. The Morgan fingerprint density at radius 2 is 2.23 bits per heavy atom. The first-order valence-electron chi connectivity index (χ1n) is 7.81. The number of amides is 1. The number of piperidine rings is 1. The van der Waals surface area contributed by atoms with E-state index < -0.39 is 0 Å². The number of carbonyl (C=O) groups excluding carboxylic acids is 1. The highest BCUT2D eigenvalue weighted by molar-refractivity contribution is 6.31. The summed E-state index contributed by atoms with van der Waals surface area (Å²) in [6, 6.07) is 7.32. The first kappa shape index (κ1) is 17.3. The summed E-state index contributed by atoms with van der Waals surface area (Å²) in [6.45, 7) is 6.25. The summed E-state index contributed by atoms with van der Waals surface area (Å²) < 4.78 is 0. The molecule has 1 aliphatic heterocycles. The van der Waals surface area contributed by atoms with Crippen LogP contribution < -0.4 is 5.32 Å². The second-order valence-electron chi connectivity index (χ2n) is 6.53. The van der Waals surface area contributed by atoms with Crippen LogP contribution in [0.3, 0.4) is 0 Å². The van der Waals surface area contributed by atoms with Crippen LogP contribution in [0.15, 0.2) is 24.3 Å². The van der Waals surface area contributed by atoms with Crippen molar-refractivity contribution >= 4 is 17.5 Å². The Morgan fingerprint density at radius 1 is 1.50 bits per heavy atom. The van der Waals surface area contributed by atoms with Gasteiger partial charge in [0, 0.05) is 30.1 Å². The zero-order valence-electron chi connectivity index (χ0n) is 13.3. The Balaban J connectivity index is 1.90. The summed E-state index contributed by atoms with van der Waals surface area (Å²) in [5, 5.41) is 13.2. The molecule has 122 valence electrons. The molecule has 1 saturated heterocycles. The number of rotatable bonds is 5. The van der Waals surface area contributed by atoms with Crippen molar-refractivity contribution < 1.29 is 9.90 Å². The summed E-state index contributed by atoms with van der Waals surface area (Å²) in [6.07, 6.45) is 2.02. The molecular weight excluding hydrogens is 300 g/mol. The van der Waals surface area contributed by atoms with Crippen molar-refractivity contribution in [1.82, 2.24) is 10.2 Å². The number of nitrogens with zero attached hydrogens (tertiary/aromatic N) is 1. The summed E-state index contributed by atoms with van der Waals surface area (Å²) in [7, 11) is 0. The molecule has 1 fully saturated rings. The van der Waals surface area contributed by atoms with Crippen molar-refractivity contribution in [2.24, 2.45) is 5.41 Å². The number of halogens is 1. The van der Waals surface area contributed by atoms with Crippen LogP contribution in [0.25, 0.3) is 0 Å². The molecule has 0 saturated carbocycles. The first-order valence-corrected chi connectivity index (χ1v) is 8.19. The zero-order valence-corrected chi connectivity index (χ0v) is 14.1. The lowest BCUT2D eigenvalue weighted by molar-refractivity contribution is -0.127. The van der Waals surface area contributed by atoms with Crippen molar-refractivity contribution in [2.75, 3.05) is 19.7 Å². The third kappa shape index (κ3) is 4.22. The van der Waals surface area contributed by atoms with E-state index in [4.69, 9.17) is 11.6 Å². The molecule has 0 bridgehead atoms. The standard InChI is InChI=1S/C17H25ClN2O2/c1-13(20-9-5-8-17(2,11-20)12-21)16(22)19-10-14-6-3-4-7-15(14)18/h3-4,6-7,13,21H,5,8-12H2,1-2H3,(H,19,22). The van der Waals surface area contributed by atoms with Crippen molar-refractivity contribution in [3.05, 3.63) is 34.9 Å². The Bertz CT molecular complexity index is 523. The Morgan fingerprint density at radius 3 is 2.91 bits per heavy atom. The van der Waals surface area contributed by atoms with Gasteiger partial charge in [-0.15, -0.1) is 0 Å². The fourth-order valence-electron chi connectivity index (χ4n) is 2.95. The molecule has 1 aliphatic rings. The molecule has 0 aromatic heterocycles. The molecule has 1 heterocycles. The average molecular weight is 325 g/mol. The van der Waals surface area contributed by atoms with Gasteiger partial charge in [0.2, 0.25) is 5.91 Å². The minimum atomic E-state index is -0.200. The quantitative estimate of drug-likeness (QED) is 0.874. The number of hydrogen-bond donors (Lipinski definition) is 2. The van der Waals surface area contributed by atoms with Gasteiger partial charge in [-0.2, -0.15) is 0 Å². The van der Waals surface area contributed by atoms with Crippen LogP contribution in [-0.4, -0.2) is 41.7 Å². The average Bonchev–Trinajstić information content (AvgIpc) is 2.53. The molecule has 22 heavy (non-hydrogen) atoms. The highest BCUT2D eigenvalue weighted by Gasteiger charge is 2.34. The van der Waals surface area contributed by atoms with Crippen LogP contribution in [0.5, 0.6) is 0 Å². The van der Waals surface area contributed by atoms with Gasteiger partial charge in [-0.05, 0) is 37.9 Å². The van der Waals surface area contributed by atoms with Crippen LogP contribution >= 0.6 is 11.6 Å². The summed E-state index contributed by atoms with van der Waals surface area (Å²) in [5.74, 6) is 0.00195. The minimum Gasteiger partial charge on any atom is -0.396 e. The SMILES string of the molecule is CC(C(=O)NCc1ccccc1Cl)N1CCCC(C)(CO)C1. The molecule has 2 N–H and O–H groups in total. The maximum atomic E-state index is 12.4. The van der Waals surface area contributed by atoms with Gasteiger partial charge in [-0.3, -0.25) is 9.69 Å². The topological polar surface area (TPSA) is 52.6 Å². The van der Waals surface area contributed by atoms with Gasteiger partial charge in [-0.1, -0.05) is 36.7 Å². The maximum absolute atomic E-state index is 12.4. The van der Waals surface area contributed by atoms with Crippen LogP contribution in [-0.2, 0) is 11.3 Å². The van der Waals surface area contributed by atoms with Gasteiger partial charge in [0.25, 0.3) is 0 Å². The van der Waals surface area contributed by atoms with E-state index in [9.17, 15) is 9.90 Å². The monoisotopic (exact) mass is 324 g/mol. The van der Waals surface area contributed by atoms with E-state index in [1.54, 1.807) is 0 Å². The highest BCUT2D eigenvalue weighted by Crippen LogP contribution is 2.29. The lowest BCUT2D eigenvalue weighted by Crippen LogP contribution is -2.52. The predicted octanol–water partition coefficient (Wildman–Crippen LogP) is 2.44. The molecule has 2 atom stereocenters. The third-order valence-corrected chi connectivity index (χ3v) is 4.90. The number of likely N-dealkylation sites (tertiary alicyclic amines) is 1. The summed E-state index contributed by atoms with van der Waals surface area (Å²) >= 11 is 6.10. The summed E-state index contributed by atoms with van der Waals surface area (Å²) in [5.41, 5.74) is 0.818. The Hall–Kier alpha value is -1.10. The smallest absolute Gasteiger partial charge is 0.237 e. The lowest BCUT2D eigenvalue weighted by Gasteiger charge is -2.41. The zero-order chi connectivity index (χ0) is 16.2. The van der Waals surface area contributed by atoms with Crippen molar-refractivity contribution in [3.63, 3.8) is 0 Å². The maximum Gasteiger partial charge on any atom is 0.237 e. The van der Waals surface area contributed by atoms with Crippen LogP contribution in [0.4, 0.5) is 0 Å². The predicted molar refractivity (Wildman–Crippen MR) is 88.8 cm³/mol. The van der Waals surface area contributed by atoms with Crippen molar-refractivity contribution in [1.29, 1.82) is 0 Å². The molecule has 2 rings (SSSR count). The Kier molecular flexibility index (Phi) is 5.84. The van der Waals surface area contributed by atoms with Gasteiger partial charge in [0.05, 0.1) is 6.04 Å². The van der Waals surface area contributed by atoms with Crippen molar-refractivity contribution in [3.8, 4) is 0 Å². The molecule has 1 amide bonds. The largest absolute Gasteiger partial charge is 0.396 e. The molecule has 1 aromatic rings. The number of carbonyl (C=O) groups is 1. The number of nitrogens with one attached hydrogen (secondary N) is 1. The van der Waals surface area contributed by atoms with Gasteiger partial charge < -0.3 is 10.4 Å². The van der Waals surface area contributed by atoms with E-state index in [0.29, 0.717) is 11.6 Å². The number of aliphatic hydroxyl groups excluding tert-OH is 1. The number of aliphatic hydroxyl groups is 1. The number of hydrogen-bond acceptors (Lipinski definition) is 3. The molecule has 0 spiro atoms. The van der Waals surface area contributed by atoms with Gasteiger partial charge in [0.1, 0.15) is 0 Å². The highest BCUT2D eigenvalue weighted by atomic mass is 35.5. The van der Waals surface area contributed by atoms with Gasteiger partial charge >= 0.3 is 0 Å². The fourth-order valence-corrected chi connectivity index (χ4v) is 3.16. The molecule has 4 nitrogen and oxygen atoms in total. The lowest BCUT2D eigenvalue weighted by atomic mass is 9.82. The van der Waals surface area contributed by atoms with E-state index in [2.05, 4.69) is 17.1 Å². The first-order chi connectivity index (χ1) is 10.4. The summed E-state index contributed by atoms with van der Waals surface area (Å²) in [4.78, 5) is 14.5.